The number of nitrogens with zero attached hydrogens (tertiary/aromatic N) is 2. The van der Waals surface area contributed by atoms with E-state index in [1.165, 1.54) is 19.2 Å². The second-order valence-electron chi connectivity index (χ2n) is 8.02. The molecule has 1 aromatic carbocycles. The minimum Gasteiger partial charge on any atom is -0.357 e. The van der Waals surface area contributed by atoms with Gasteiger partial charge in [-0.3, -0.25) is 14.2 Å². The molecule has 0 bridgehead atoms. The number of pyridine rings is 1. The number of hydrogen-bond acceptors (Lipinski definition) is 5. The molecular formula is C22H26N4O4S. The molecule has 0 unspecified atom stereocenters. The topological polar surface area (TPSA) is 104 Å². The lowest BCUT2D eigenvalue weighted by Gasteiger charge is -2.32. The number of rotatable bonds is 4. The van der Waals surface area contributed by atoms with Gasteiger partial charge in [-0.05, 0) is 51.1 Å². The molecule has 1 aliphatic rings. The van der Waals surface area contributed by atoms with Gasteiger partial charge in [-0.25, -0.2) is 8.42 Å². The van der Waals surface area contributed by atoms with Crippen molar-refractivity contribution >= 4 is 26.6 Å². The number of aryl methyl sites for hydroxylation is 1. The van der Waals surface area contributed by atoms with Gasteiger partial charge in [0, 0.05) is 31.7 Å². The van der Waals surface area contributed by atoms with E-state index in [0.29, 0.717) is 5.39 Å². The van der Waals surface area contributed by atoms with Crippen molar-refractivity contribution in [1.82, 2.24) is 19.8 Å². The summed E-state index contributed by atoms with van der Waals surface area (Å²) in [5, 5.41) is 3.31. The smallest absolute Gasteiger partial charge is 0.275 e. The molecule has 0 atom stereocenters. The van der Waals surface area contributed by atoms with Crippen LogP contribution in [-0.4, -0.2) is 55.0 Å². The highest BCUT2D eigenvalue weighted by Crippen LogP contribution is 2.29. The van der Waals surface area contributed by atoms with Crippen LogP contribution in [0.25, 0.3) is 10.9 Å². The maximum absolute atomic E-state index is 13.7. The molecule has 9 heteroatoms. The van der Waals surface area contributed by atoms with Gasteiger partial charge in [0.25, 0.3) is 11.5 Å². The number of amides is 1. The summed E-state index contributed by atoms with van der Waals surface area (Å²) in [5.41, 5.74) is 0.662. The lowest BCUT2D eigenvalue weighted by molar-refractivity contribution is 0.0699. The molecule has 3 aromatic rings. The van der Waals surface area contributed by atoms with Gasteiger partial charge in [0.15, 0.2) is 5.03 Å². The van der Waals surface area contributed by atoms with Gasteiger partial charge >= 0.3 is 0 Å². The van der Waals surface area contributed by atoms with E-state index in [-0.39, 0.29) is 27.0 Å². The number of fused-ring (bicyclic) bond motifs is 1. The molecule has 1 aliphatic heterocycles. The molecule has 0 radical (unpaired) electrons. The van der Waals surface area contributed by atoms with Crippen molar-refractivity contribution in [2.75, 3.05) is 20.1 Å². The first-order valence-corrected chi connectivity index (χ1v) is 11.7. The number of carbonyl (C=O) groups is 1. The normalized spacial score (nSPS) is 15.3. The first-order valence-electron chi connectivity index (χ1n) is 10.2. The lowest BCUT2D eigenvalue weighted by Crippen LogP contribution is -2.44. The molecule has 3 heterocycles. The number of sulfone groups is 1. The van der Waals surface area contributed by atoms with Crippen molar-refractivity contribution < 1.29 is 13.2 Å². The van der Waals surface area contributed by atoms with Gasteiger partial charge in [0.2, 0.25) is 9.84 Å². The van der Waals surface area contributed by atoms with Crippen molar-refractivity contribution in [3.8, 4) is 0 Å². The van der Waals surface area contributed by atoms with E-state index in [0.717, 1.165) is 36.1 Å². The Balaban J connectivity index is 1.97. The number of hydrogen-bond donors (Lipinski definition) is 2. The van der Waals surface area contributed by atoms with Crippen LogP contribution in [0.5, 0.6) is 0 Å². The average Bonchev–Trinajstić information content (AvgIpc) is 3.25. The van der Waals surface area contributed by atoms with Gasteiger partial charge in [0.05, 0.1) is 10.5 Å². The molecule has 2 aromatic heterocycles. The third kappa shape index (κ3) is 3.57. The first kappa shape index (κ1) is 21.3. The van der Waals surface area contributed by atoms with E-state index < -0.39 is 21.3 Å². The first-order chi connectivity index (χ1) is 14.7. The fraction of sp³-hybridized carbons (Fsp3) is 0.364. The molecule has 1 amide bonds. The molecule has 1 fully saturated rings. The van der Waals surface area contributed by atoms with E-state index in [1.807, 2.05) is 6.92 Å². The summed E-state index contributed by atoms with van der Waals surface area (Å²) in [6.45, 7) is 3.45. The van der Waals surface area contributed by atoms with Crippen LogP contribution in [-0.2, 0) is 16.9 Å². The number of H-pyrrole nitrogens is 1. The predicted molar refractivity (Wildman–Crippen MR) is 118 cm³/mol. The predicted octanol–water partition coefficient (Wildman–Crippen LogP) is 1.83. The molecule has 2 N–H and O–H groups in total. The van der Waals surface area contributed by atoms with Crippen LogP contribution in [0.4, 0.5) is 0 Å². The standard InChI is InChI=1S/C22H26N4O4S/c1-14-4-6-16(7-5-14)31(29,30)22-18(17-10-13-24-19(17)21(28)26(22)3)20(27)25(2)15-8-11-23-12-9-15/h4-7,10,13,15,23-24H,8-9,11-12H2,1-3H3. The third-order valence-electron chi connectivity index (χ3n) is 6.03. The molecule has 0 saturated carbocycles. The Morgan fingerprint density at radius 2 is 1.77 bits per heavy atom. The summed E-state index contributed by atoms with van der Waals surface area (Å²) < 4.78 is 28.4. The van der Waals surface area contributed by atoms with E-state index >= 15 is 0 Å². The third-order valence-corrected chi connectivity index (χ3v) is 7.91. The summed E-state index contributed by atoms with van der Waals surface area (Å²) >= 11 is 0. The van der Waals surface area contributed by atoms with Crippen molar-refractivity contribution in [1.29, 1.82) is 0 Å². The highest BCUT2D eigenvalue weighted by Gasteiger charge is 2.34. The molecule has 31 heavy (non-hydrogen) atoms. The van der Waals surface area contributed by atoms with E-state index in [4.69, 9.17) is 0 Å². The van der Waals surface area contributed by atoms with Crippen molar-refractivity contribution in [2.24, 2.45) is 7.05 Å². The molecule has 8 nitrogen and oxygen atoms in total. The van der Waals surface area contributed by atoms with Gasteiger partial charge in [0.1, 0.15) is 5.52 Å². The number of benzene rings is 1. The number of aromatic amines is 1. The minimum absolute atomic E-state index is 0.00472. The fourth-order valence-electron chi connectivity index (χ4n) is 4.18. The number of nitrogens with one attached hydrogen (secondary N) is 2. The van der Waals surface area contributed by atoms with Crippen molar-refractivity contribution in [2.45, 2.75) is 35.7 Å². The average molecular weight is 443 g/mol. The van der Waals surface area contributed by atoms with Crippen LogP contribution >= 0.6 is 0 Å². The van der Waals surface area contributed by atoms with Gasteiger partial charge in [-0.1, -0.05) is 17.7 Å². The van der Waals surface area contributed by atoms with Crippen molar-refractivity contribution in [3.05, 3.63) is 58.0 Å². The molecule has 0 aliphatic carbocycles. The van der Waals surface area contributed by atoms with Crippen LogP contribution in [0.1, 0.15) is 28.8 Å². The summed E-state index contributed by atoms with van der Waals surface area (Å²) in [6.07, 6.45) is 3.12. The van der Waals surface area contributed by atoms with Gasteiger partial charge in [-0.15, -0.1) is 0 Å². The number of piperidine rings is 1. The second-order valence-corrected chi connectivity index (χ2v) is 9.89. The lowest BCUT2D eigenvalue weighted by atomic mass is 10.0. The molecule has 164 valence electrons. The molecular weight excluding hydrogens is 416 g/mol. The molecule has 1 saturated heterocycles. The largest absolute Gasteiger partial charge is 0.357 e. The van der Waals surface area contributed by atoms with Crippen molar-refractivity contribution in [3.63, 3.8) is 0 Å². The highest BCUT2D eigenvalue weighted by molar-refractivity contribution is 7.91. The second kappa shape index (κ2) is 7.97. The van der Waals surface area contributed by atoms with E-state index in [9.17, 15) is 18.0 Å². The number of carbonyl (C=O) groups excluding carboxylic acids is 1. The summed E-state index contributed by atoms with van der Waals surface area (Å²) in [7, 11) is -1.04. The Morgan fingerprint density at radius 1 is 1.13 bits per heavy atom. The fourth-order valence-corrected chi connectivity index (χ4v) is 5.81. The monoisotopic (exact) mass is 442 g/mol. The molecule has 0 spiro atoms. The maximum Gasteiger partial charge on any atom is 0.275 e. The SMILES string of the molecule is Cc1ccc(S(=O)(=O)c2c(C(=O)N(C)C3CCNCC3)c3cc[nH]c3c(=O)n2C)cc1. The van der Waals surface area contributed by atoms with Crippen LogP contribution in [0.3, 0.4) is 0 Å². The van der Waals surface area contributed by atoms with Crippen LogP contribution < -0.4 is 10.9 Å². The van der Waals surface area contributed by atoms with E-state index in [2.05, 4.69) is 10.3 Å². The Labute approximate surface area is 180 Å². The quantitative estimate of drug-likeness (QED) is 0.642. The van der Waals surface area contributed by atoms with Crippen LogP contribution in [0.15, 0.2) is 51.2 Å². The highest BCUT2D eigenvalue weighted by atomic mass is 32.2. The summed E-state index contributed by atoms with van der Waals surface area (Å²) in [4.78, 5) is 31.1. The van der Waals surface area contributed by atoms with Gasteiger partial charge < -0.3 is 15.2 Å². The summed E-state index contributed by atoms with van der Waals surface area (Å²) in [5.74, 6) is -0.405. The minimum atomic E-state index is -4.13. The zero-order valence-electron chi connectivity index (χ0n) is 17.8. The van der Waals surface area contributed by atoms with Crippen LogP contribution in [0, 0.1) is 6.92 Å². The molecule has 4 rings (SSSR count). The zero-order valence-corrected chi connectivity index (χ0v) is 18.6. The Hall–Kier alpha value is -2.91. The number of aromatic nitrogens is 2. The zero-order chi connectivity index (χ0) is 22.3. The Kier molecular flexibility index (Phi) is 5.49. The van der Waals surface area contributed by atoms with E-state index in [1.54, 1.807) is 36.3 Å². The Bertz CT molecular complexity index is 1300. The van der Waals surface area contributed by atoms with Crippen LogP contribution in [0.2, 0.25) is 0 Å². The van der Waals surface area contributed by atoms with Gasteiger partial charge in [-0.2, -0.15) is 0 Å². The maximum atomic E-state index is 13.7. The Morgan fingerprint density at radius 3 is 2.42 bits per heavy atom. The summed E-state index contributed by atoms with van der Waals surface area (Å²) in [6, 6.07) is 7.98.